The van der Waals surface area contributed by atoms with Gasteiger partial charge in [-0.2, -0.15) is 0 Å². The van der Waals surface area contributed by atoms with E-state index < -0.39 is 5.97 Å². The summed E-state index contributed by atoms with van der Waals surface area (Å²) in [7, 11) is 3.08. The van der Waals surface area contributed by atoms with Gasteiger partial charge in [0.05, 0.1) is 18.2 Å². The first-order valence-electron chi connectivity index (χ1n) is 6.45. The Hall–Kier alpha value is -2.15. The van der Waals surface area contributed by atoms with Gasteiger partial charge in [-0.15, -0.1) is 0 Å². The van der Waals surface area contributed by atoms with E-state index in [0.29, 0.717) is 17.0 Å². The van der Waals surface area contributed by atoms with Crippen molar-refractivity contribution in [2.24, 2.45) is 7.05 Å². The summed E-state index contributed by atoms with van der Waals surface area (Å²) >= 11 is 3.38. The van der Waals surface area contributed by atoms with Crippen LogP contribution in [0, 0.1) is 6.92 Å². The predicted molar refractivity (Wildman–Crippen MR) is 84.0 cm³/mol. The van der Waals surface area contributed by atoms with E-state index in [1.54, 1.807) is 13.2 Å². The number of rotatable bonds is 4. The molecule has 0 bridgehead atoms. The van der Waals surface area contributed by atoms with Gasteiger partial charge in [0.1, 0.15) is 6.61 Å². The van der Waals surface area contributed by atoms with Crippen molar-refractivity contribution in [2.75, 3.05) is 7.11 Å². The molecule has 0 aliphatic carbocycles. The van der Waals surface area contributed by atoms with E-state index >= 15 is 0 Å². The first-order chi connectivity index (χ1) is 10.4. The summed E-state index contributed by atoms with van der Waals surface area (Å²) in [6, 6.07) is 2.76. The number of esters is 1. The van der Waals surface area contributed by atoms with Crippen LogP contribution in [0.15, 0.2) is 33.8 Å². The summed E-state index contributed by atoms with van der Waals surface area (Å²) < 4.78 is 12.6. The van der Waals surface area contributed by atoms with Crippen LogP contribution < -0.4 is 10.3 Å². The molecule has 0 saturated carbocycles. The maximum Gasteiger partial charge on any atom is 0.339 e. The summed E-state index contributed by atoms with van der Waals surface area (Å²) in [6.45, 7) is 1.91. The average Bonchev–Trinajstić information content (AvgIpc) is 2.51. The smallest absolute Gasteiger partial charge is 0.339 e. The largest absolute Gasteiger partial charge is 0.481 e. The van der Waals surface area contributed by atoms with Gasteiger partial charge in [-0.3, -0.25) is 4.79 Å². The van der Waals surface area contributed by atoms with E-state index in [1.165, 1.54) is 30.0 Å². The molecule has 0 amide bonds. The van der Waals surface area contributed by atoms with Gasteiger partial charge in [-0.05, 0) is 34.5 Å². The molecule has 0 fully saturated rings. The normalized spacial score (nSPS) is 10.4. The minimum absolute atomic E-state index is 0.0309. The molecule has 0 atom stereocenters. The lowest BCUT2D eigenvalue weighted by molar-refractivity contribution is 0.0467. The molecule has 2 aromatic rings. The number of aromatic nitrogens is 2. The van der Waals surface area contributed by atoms with E-state index in [2.05, 4.69) is 20.9 Å². The molecule has 7 heteroatoms. The van der Waals surface area contributed by atoms with Gasteiger partial charge in [0.2, 0.25) is 11.4 Å². The van der Waals surface area contributed by atoms with Crippen LogP contribution in [-0.4, -0.2) is 22.6 Å². The predicted octanol–water partition coefficient (Wildman–Crippen LogP) is 2.22. The van der Waals surface area contributed by atoms with Crippen LogP contribution in [0.2, 0.25) is 0 Å². The number of hydrogen-bond donors (Lipinski definition) is 0. The fraction of sp³-hybridized carbons (Fsp3) is 0.267. The number of carbonyl (C=O) groups excluding carboxylic acids is 1. The van der Waals surface area contributed by atoms with Crippen LogP contribution in [0.5, 0.6) is 5.88 Å². The second-order valence-corrected chi connectivity index (χ2v) is 5.52. The topological polar surface area (TPSA) is 70.4 Å². The standard InChI is InChI=1S/C15H15BrN2O4/c1-9-11(14(21-3)17-6-12(9)16)8-22-15(20)10-4-5-13(19)18(2)7-10/h4-7H,8H2,1-3H3. The van der Waals surface area contributed by atoms with Crippen molar-refractivity contribution >= 4 is 21.9 Å². The highest BCUT2D eigenvalue weighted by Crippen LogP contribution is 2.26. The summed E-state index contributed by atoms with van der Waals surface area (Å²) in [5.41, 5.74) is 1.70. The molecule has 6 nitrogen and oxygen atoms in total. The summed E-state index contributed by atoms with van der Waals surface area (Å²) in [4.78, 5) is 27.5. The Morgan fingerprint density at radius 3 is 2.77 bits per heavy atom. The van der Waals surface area contributed by atoms with Gasteiger partial charge < -0.3 is 14.0 Å². The van der Waals surface area contributed by atoms with Crippen LogP contribution in [0.4, 0.5) is 0 Å². The van der Waals surface area contributed by atoms with Crippen molar-refractivity contribution in [3.8, 4) is 5.88 Å². The highest BCUT2D eigenvalue weighted by molar-refractivity contribution is 9.10. The zero-order valence-electron chi connectivity index (χ0n) is 12.4. The third kappa shape index (κ3) is 3.36. The molecule has 0 aromatic carbocycles. The Morgan fingerprint density at radius 2 is 2.14 bits per heavy atom. The SMILES string of the molecule is COc1ncc(Br)c(C)c1COC(=O)c1ccc(=O)n(C)c1. The van der Waals surface area contributed by atoms with Crippen molar-refractivity contribution in [3.05, 3.63) is 56.0 Å². The number of pyridine rings is 2. The van der Waals surface area contributed by atoms with Crippen LogP contribution in [0.1, 0.15) is 21.5 Å². The molecule has 0 unspecified atom stereocenters. The number of ether oxygens (including phenoxy) is 2. The Labute approximate surface area is 135 Å². The highest BCUT2D eigenvalue weighted by atomic mass is 79.9. The average molecular weight is 367 g/mol. The molecule has 0 N–H and O–H groups in total. The molecule has 0 saturated heterocycles. The van der Waals surface area contributed by atoms with Crippen LogP contribution in [-0.2, 0) is 18.4 Å². The number of hydrogen-bond acceptors (Lipinski definition) is 5. The number of methoxy groups -OCH3 is 1. The quantitative estimate of drug-likeness (QED) is 0.775. The number of halogens is 1. The number of nitrogens with zero attached hydrogens (tertiary/aromatic N) is 2. The molecule has 0 aliphatic rings. The zero-order chi connectivity index (χ0) is 16.3. The van der Waals surface area contributed by atoms with Gasteiger partial charge in [0.25, 0.3) is 0 Å². The lowest BCUT2D eigenvalue weighted by Crippen LogP contribution is -2.17. The van der Waals surface area contributed by atoms with E-state index in [-0.39, 0.29) is 12.2 Å². The fourth-order valence-electron chi connectivity index (χ4n) is 1.88. The fourth-order valence-corrected chi connectivity index (χ4v) is 2.22. The molecule has 0 aliphatic heterocycles. The molecule has 0 spiro atoms. The lowest BCUT2D eigenvalue weighted by Gasteiger charge is -2.12. The Balaban J connectivity index is 2.19. The van der Waals surface area contributed by atoms with Crippen molar-refractivity contribution in [1.29, 1.82) is 0 Å². The molecular weight excluding hydrogens is 352 g/mol. The second-order valence-electron chi connectivity index (χ2n) is 4.66. The van der Waals surface area contributed by atoms with Gasteiger partial charge in [0.15, 0.2) is 0 Å². The third-order valence-corrected chi connectivity index (χ3v) is 4.03. The maximum absolute atomic E-state index is 12.1. The van der Waals surface area contributed by atoms with Crippen molar-refractivity contribution in [3.63, 3.8) is 0 Å². The molecule has 0 radical (unpaired) electrons. The highest BCUT2D eigenvalue weighted by Gasteiger charge is 2.15. The van der Waals surface area contributed by atoms with Crippen molar-refractivity contribution in [1.82, 2.24) is 9.55 Å². The van der Waals surface area contributed by atoms with E-state index in [9.17, 15) is 9.59 Å². The summed E-state index contributed by atoms with van der Waals surface area (Å²) in [5, 5.41) is 0. The molecular formula is C15H15BrN2O4. The molecule has 2 aromatic heterocycles. The van der Waals surface area contributed by atoms with Gasteiger partial charge in [0, 0.05) is 30.0 Å². The number of carbonyl (C=O) groups is 1. The summed E-state index contributed by atoms with van der Waals surface area (Å²) in [5.74, 6) is -0.106. The Kier molecular flexibility index (Phi) is 4.97. The van der Waals surface area contributed by atoms with Crippen LogP contribution >= 0.6 is 15.9 Å². The molecule has 116 valence electrons. The van der Waals surface area contributed by atoms with Crippen molar-refractivity contribution < 1.29 is 14.3 Å². The molecule has 2 heterocycles. The second kappa shape index (κ2) is 6.74. The van der Waals surface area contributed by atoms with E-state index in [1.807, 2.05) is 6.92 Å². The lowest BCUT2D eigenvalue weighted by atomic mass is 10.1. The number of aryl methyl sites for hydroxylation is 1. The monoisotopic (exact) mass is 366 g/mol. The maximum atomic E-state index is 12.1. The summed E-state index contributed by atoms with van der Waals surface area (Å²) in [6.07, 6.45) is 3.07. The third-order valence-electron chi connectivity index (χ3n) is 3.23. The molecule has 22 heavy (non-hydrogen) atoms. The van der Waals surface area contributed by atoms with Crippen LogP contribution in [0.3, 0.4) is 0 Å². The van der Waals surface area contributed by atoms with E-state index in [0.717, 1.165) is 10.0 Å². The van der Waals surface area contributed by atoms with Gasteiger partial charge in [-0.25, -0.2) is 9.78 Å². The van der Waals surface area contributed by atoms with Crippen molar-refractivity contribution in [2.45, 2.75) is 13.5 Å². The minimum atomic E-state index is -0.517. The first-order valence-corrected chi connectivity index (χ1v) is 7.25. The van der Waals surface area contributed by atoms with E-state index in [4.69, 9.17) is 9.47 Å². The zero-order valence-corrected chi connectivity index (χ0v) is 14.0. The first kappa shape index (κ1) is 16.2. The van der Waals surface area contributed by atoms with Gasteiger partial charge in [-0.1, -0.05) is 0 Å². The van der Waals surface area contributed by atoms with Crippen LogP contribution in [0.25, 0.3) is 0 Å². The Morgan fingerprint density at radius 1 is 1.41 bits per heavy atom. The van der Waals surface area contributed by atoms with Gasteiger partial charge >= 0.3 is 5.97 Å². The molecule has 2 rings (SSSR count). The Bertz CT molecular complexity index is 771. The minimum Gasteiger partial charge on any atom is -0.481 e.